The maximum Gasteiger partial charge on any atom is 0.423 e. The third-order valence-corrected chi connectivity index (χ3v) is 2.93. The van der Waals surface area contributed by atoms with Gasteiger partial charge in [0, 0.05) is 31.3 Å². The number of hydrogen-bond acceptors (Lipinski definition) is 3. The van der Waals surface area contributed by atoms with Gasteiger partial charge >= 0.3 is 6.18 Å². The molecule has 5 nitrogen and oxygen atoms in total. The Labute approximate surface area is 111 Å². The summed E-state index contributed by atoms with van der Waals surface area (Å²) in [5, 5.41) is 11.1. The molecular formula is C12H11F3N2O3. The second kappa shape index (κ2) is 5.12. The summed E-state index contributed by atoms with van der Waals surface area (Å²) in [5.74, 6) is 0. The molecule has 0 saturated carbocycles. The van der Waals surface area contributed by atoms with Crippen LogP contribution in [0.3, 0.4) is 0 Å². The summed E-state index contributed by atoms with van der Waals surface area (Å²) >= 11 is 0. The zero-order chi connectivity index (χ0) is 14.9. The van der Waals surface area contributed by atoms with E-state index in [0.29, 0.717) is 24.1 Å². The molecular weight excluding hydrogens is 277 g/mol. The molecule has 0 aliphatic heterocycles. The lowest BCUT2D eigenvalue weighted by molar-refractivity contribution is -0.387. The quantitative estimate of drug-likeness (QED) is 0.641. The Bertz CT molecular complexity index is 649. The van der Waals surface area contributed by atoms with Gasteiger partial charge in [0.15, 0.2) is 0 Å². The number of ether oxygens (including phenoxy) is 1. The maximum absolute atomic E-state index is 12.8. The normalized spacial score (nSPS) is 12.0. The van der Waals surface area contributed by atoms with Crippen LogP contribution in [0.25, 0.3) is 10.9 Å². The van der Waals surface area contributed by atoms with Crippen LogP contribution in [0.5, 0.6) is 0 Å². The van der Waals surface area contributed by atoms with E-state index in [-0.39, 0.29) is 0 Å². The van der Waals surface area contributed by atoms with Gasteiger partial charge in [0.25, 0.3) is 5.69 Å². The number of alkyl halides is 3. The van der Waals surface area contributed by atoms with Crippen molar-refractivity contribution in [2.45, 2.75) is 12.7 Å². The second-order valence-electron chi connectivity index (χ2n) is 4.18. The molecule has 1 heterocycles. The number of benzene rings is 1. The molecule has 0 bridgehead atoms. The minimum Gasteiger partial charge on any atom is -0.383 e. The Kier molecular flexibility index (Phi) is 3.67. The standard InChI is InChI=1S/C12H11F3N2O3/c1-20-5-4-16-3-2-8-6-9(12(13,14)15)11(17(18)19)7-10(8)16/h2-3,6-7H,4-5H2,1H3. The molecule has 0 atom stereocenters. The van der Waals surface area contributed by atoms with Crippen LogP contribution in [0.15, 0.2) is 24.4 Å². The first-order chi connectivity index (χ1) is 9.34. The van der Waals surface area contributed by atoms with Gasteiger partial charge in [0.2, 0.25) is 0 Å². The molecule has 1 aromatic heterocycles. The van der Waals surface area contributed by atoms with Crippen LogP contribution < -0.4 is 0 Å². The summed E-state index contributed by atoms with van der Waals surface area (Å²) in [6.45, 7) is 0.765. The first-order valence-corrected chi connectivity index (χ1v) is 5.68. The lowest BCUT2D eigenvalue weighted by Gasteiger charge is -2.09. The number of hydrogen-bond donors (Lipinski definition) is 0. The molecule has 1 aromatic carbocycles. The van der Waals surface area contributed by atoms with Crippen molar-refractivity contribution >= 4 is 16.6 Å². The van der Waals surface area contributed by atoms with Crippen LogP contribution in [-0.2, 0) is 17.5 Å². The van der Waals surface area contributed by atoms with E-state index < -0.39 is 22.4 Å². The molecule has 2 aromatic rings. The van der Waals surface area contributed by atoms with Gasteiger partial charge in [-0.3, -0.25) is 10.1 Å². The van der Waals surface area contributed by atoms with Crippen LogP contribution in [0.2, 0.25) is 0 Å². The highest BCUT2D eigenvalue weighted by Gasteiger charge is 2.38. The number of nitro benzene ring substituents is 1. The van der Waals surface area contributed by atoms with Crippen molar-refractivity contribution in [2.24, 2.45) is 0 Å². The largest absolute Gasteiger partial charge is 0.423 e. The fourth-order valence-electron chi connectivity index (χ4n) is 1.99. The van der Waals surface area contributed by atoms with Crippen LogP contribution in [0.4, 0.5) is 18.9 Å². The molecule has 0 spiro atoms. The molecule has 0 radical (unpaired) electrons. The molecule has 0 amide bonds. The van der Waals surface area contributed by atoms with E-state index in [4.69, 9.17) is 4.74 Å². The zero-order valence-electron chi connectivity index (χ0n) is 10.5. The van der Waals surface area contributed by atoms with Gasteiger partial charge in [-0.2, -0.15) is 13.2 Å². The lowest BCUT2D eigenvalue weighted by Crippen LogP contribution is -2.09. The SMILES string of the molecule is COCCn1ccc2cc(C(F)(F)F)c([N+](=O)[O-])cc21. The number of rotatable bonds is 4. The molecule has 0 aliphatic carbocycles. The van der Waals surface area contributed by atoms with Gasteiger partial charge < -0.3 is 9.30 Å². The average Bonchev–Trinajstić information content (AvgIpc) is 2.76. The summed E-state index contributed by atoms with van der Waals surface area (Å²) in [5.41, 5.74) is -1.80. The molecule has 108 valence electrons. The fourth-order valence-corrected chi connectivity index (χ4v) is 1.99. The first-order valence-electron chi connectivity index (χ1n) is 5.68. The van der Waals surface area contributed by atoms with Gasteiger partial charge in [-0.25, -0.2) is 0 Å². The number of nitro groups is 1. The topological polar surface area (TPSA) is 57.3 Å². The van der Waals surface area contributed by atoms with E-state index in [1.54, 1.807) is 10.8 Å². The molecule has 0 saturated heterocycles. The number of aromatic nitrogens is 1. The van der Waals surface area contributed by atoms with Crippen molar-refractivity contribution in [3.63, 3.8) is 0 Å². The van der Waals surface area contributed by atoms with Gasteiger partial charge in [-0.1, -0.05) is 0 Å². The van der Waals surface area contributed by atoms with Crippen molar-refractivity contribution in [1.82, 2.24) is 4.57 Å². The average molecular weight is 288 g/mol. The molecule has 20 heavy (non-hydrogen) atoms. The highest BCUT2D eigenvalue weighted by molar-refractivity contribution is 5.84. The maximum atomic E-state index is 12.8. The molecule has 0 N–H and O–H groups in total. The second-order valence-corrected chi connectivity index (χ2v) is 4.18. The van der Waals surface area contributed by atoms with Gasteiger partial charge in [-0.05, 0) is 12.1 Å². The summed E-state index contributed by atoms with van der Waals surface area (Å²) in [6, 6.07) is 3.24. The highest BCUT2D eigenvalue weighted by atomic mass is 19.4. The van der Waals surface area contributed by atoms with Crippen molar-refractivity contribution in [3.05, 3.63) is 40.1 Å². The van der Waals surface area contributed by atoms with Crippen molar-refractivity contribution in [1.29, 1.82) is 0 Å². The van der Waals surface area contributed by atoms with Gasteiger partial charge in [0.05, 0.1) is 17.0 Å². The Morgan fingerprint density at radius 3 is 2.65 bits per heavy atom. The van der Waals surface area contributed by atoms with E-state index in [9.17, 15) is 23.3 Å². The predicted octanol–water partition coefficient (Wildman–Crippen LogP) is 3.21. The summed E-state index contributed by atoms with van der Waals surface area (Å²) in [7, 11) is 1.50. The van der Waals surface area contributed by atoms with Gasteiger partial charge in [0.1, 0.15) is 5.56 Å². The van der Waals surface area contributed by atoms with Crippen LogP contribution in [0, 0.1) is 10.1 Å². The molecule has 8 heteroatoms. The third-order valence-electron chi connectivity index (χ3n) is 2.93. The number of halogens is 3. The highest BCUT2D eigenvalue weighted by Crippen LogP contribution is 2.38. The monoisotopic (exact) mass is 288 g/mol. The van der Waals surface area contributed by atoms with Crippen LogP contribution >= 0.6 is 0 Å². The van der Waals surface area contributed by atoms with E-state index in [1.807, 2.05) is 0 Å². The lowest BCUT2D eigenvalue weighted by atomic mass is 10.1. The van der Waals surface area contributed by atoms with Crippen LogP contribution in [-0.4, -0.2) is 23.2 Å². The minimum absolute atomic E-state index is 0.305. The third kappa shape index (κ3) is 2.60. The molecule has 2 rings (SSSR count). The Hall–Kier alpha value is -2.09. The number of methoxy groups -OCH3 is 1. The summed E-state index contributed by atoms with van der Waals surface area (Å²) in [4.78, 5) is 9.81. The first kappa shape index (κ1) is 14.3. The van der Waals surface area contributed by atoms with Gasteiger partial charge in [-0.15, -0.1) is 0 Å². The fraction of sp³-hybridized carbons (Fsp3) is 0.333. The molecule has 0 unspecified atom stereocenters. The molecule has 0 aliphatic rings. The van der Waals surface area contributed by atoms with E-state index in [2.05, 4.69) is 0 Å². The predicted molar refractivity (Wildman–Crippen MR) is 65.5 cm³/mol. The van der Waals surface area contributed by atoms with Crippen molar-refractivity contribution in [3.8, 4) is 0 Å². The van der Waals surface area contributed by atoms with Crippen molar-refractivity contribution in [2.75, 3.05) is 13.7 Å². The van der Waals surface area contributed by atoms with E-state index in [0.717, 1.165) is 12.1 Å². The van der Waals surface area contributed by atoms with Crippen LogP contribution in [0.1, 0.15) is 5.56 Å². The number of nitrogens with zero attached hydrogens (tertiary/aromatic N) is 2. The summed E-state index contributed by atoms with van der Waals surface area (Å²) < 4.78 is 44.9. The Morgan fingerprint density at radius 2 is 2.10 bits per heavy atom. The Morgan fingerprint density at radius 1 is 1.40 bits per heavy atom. The van der Waals surface area contributed by atoms with E-state index >= 15 is 0 Å². The molecule has 0 fully saturated rings. The zero-order valence-corrected chi connectivity index (χ0v) is 10.5. The minimum atomic E-state index is -4.76. The van der Waals surface area contributed by atoms with E-state index in [1.165, 1.54) is 13.2 Å². The summed E-state index contributed by atoms with van der Waals surface area (Å²) in [6.07, 6.45) is -3.18. The number of fused-ring (bicyclic) bond motifs is 1. The van der Waals surface area contributed by atoms with Crippen molar-refractivity contribution < 1.29 is 22.8 Å². The smallest absolute Gasteiger partial charge is 0.383 e. The Balaban J connectivity index is 2.61.